The number of carbonyl (C=O) groups excluding carboxylic acids is 2. The minimum absolute atomic E-state index is 0.108. The van der Waals surface area contributed by atoms with E-state index in [2.05, 4.69) is 10.7 Å². The Balaban J connectivity index is 0.000000293. The smallest absolute Gasteiger partial charge is 0.332 e. The second-order valence-corrected chi connectivity index (χ2v) is 7.61. The highest BCUT2D eigenvalue weighted by atomic mass is 32.2. The zero-order valence-corrected chi connectivity index (χ0v) is 18.8. The third-order valence-electron chi connectivity index (χ3n) is 4.29. The molecule has 0 saturated carbocycles. The molecule has 1 saturated heterocycles. The Labute approximate surface area is 186 Å². The van der Waals surface area contributed by atoms with E-state index in [4.69, 9.17) is 10.8 Å². The minimum Gasteiger partial charge on any atom is -0.548 e. The van der Waals surface area contributed by atoms with Gasteiger partial charge in [0.25, 0.3) is 5.56 Å². The van der Waals surface area contributed by atoms with Crippen LogP contribution in [0.1, 0.15) is 6.92 Å². The monoisotopic (exact) mass is 473 g/mol. The maximum atomic E-state index is 11.9. The molecule has 1 unspecified atom stereocenters. The van der Waals surface area contributed by atoms with Crippen LogP contribution in [0.5, 0.6) is 0 Å². The van der Waals surface area contributed by atoms with Crippen LogP contribution in [0.25, 0.3) is 11.2 Å². The van der Waals surface area contributed by atoms with Crippen LogP contribution in [0, 0.1) is 0 Å². The number of amides is 1. The zero-order valence-electron chi connectivity index (χ0n) is 18.0. The molecule has 0 spiro atoms. The summed E-state index contributed by atoms with van der Waals surface area (Å²) in [6.45, 7) is 2.55. The number of nitrogens with zero attached hydrogens (tertiary/aromatic N) is 5. The van der Waals surface area contributed by atoms with Crippen LogP contribution in [0.2, 0.25) is 0 Å². The molecule has 1 amide bonds. The molecule has 1 aliphatic heterocycles. The Morgan fingerprint density at radius 3 is 2.34 bits per heavy atom. The highest BCUT2D eigenvalue weighted by Crippen LogP contribution is 2.19. The molecule has 2 aromatic heterocycles. The number of aryl methyl sites for hydroxylation is 1. The van der Waals surface area contributed by atoms with Crippen molar-refractivity contribution in [2.75, 3.05) is 24.7 Å². The Kier molecular flexibility index (Phi) is 10.1. The van der Waals surface area contributed by atoms with Gasteiger partial charge in [-0.2, -0.15) is 0 Å². The number of carbonyl (C=O) groups is 3. The van der Waals surface area contributed by atoms with Gasteiger partial charge in [-0.25, -0.2) is 9.78 Å². The van der Waals surface area contributed by atoms with E-state index in [0.717, 1.165) is 11.1 Å². The Morgan fingerprint density at radius 2 is 1.91 bits per heavy atom. The zero-order chi connectivity index (χ0) is 24.6. The number of carboxylic acids is 2. The third-order valence-corrected chi connectivity index (χ3v) is 5.30. The SMILES string of the molecule is CC(=O)N1CSCC1C(=O)[O-].Cn1c(=O)c2c(ncn2CC(=O)O)n(C)c1=O.NCC[NH3+]. The molecular formula is C17H27N7O7S. The van der Waals surface area contributed by atoms with Crippen molar-refractivity contribution in [2.45, 2.75) is 19.5 Å². The van der Waals surface area contributed by atoms with Crippen LogP contribution in [-0.4, -0.2) is 77.3 Å². The molecule has 178 valence electrons. The molecule has 14 nitrogen and oxygen atoms in total. The molecule has 15 heteroatoms. The van der Waals surface area contributed by atoms with E-state index < -0.39 is 29.2 Å². The topological polar surface area (TPSA) is 213 Å². The predicted molar refractivity (Wildman–Crippen MR) is 113 cm³/mol. The van der Waals surface area contributed by atoms with Crippen LogP contribution in [0.15, 0.2) is 15.9 Å². The largest absolute Gasteiger partial charge is 0.548 e. The number of imidazole rings is 1. The number of nitrogens with two attached hydrogens (primary N) is 1. The maximum absolute atomic E-state index is 11.9. The number of carboxylic acid groups (broad SMARTS) is 2. The number of thioether (sulfide) groups is 1. The lowest BCUT2D eigenvalue weighted by Gasteiger charge is -2.22. The van der Waals surface area contributed by atoms with E-state index in [0.29, 0.717) is 18.2 Å². The number of rotatable bonds is 4. The van der Waals surface area contributed by atoms with Crippen molar-refractivity contribution in [3.05, 3.63) is 27.2 Å². The normalized spacial score (nSPS) is 14.9. The Bertz CT molecular complexity index is 1070. The first-order chi connectivity index (χ1) is 15.0. The molecule has 0 aromatic carbocycles. The van der Waals surface area contributed by atoms with Gasteiger partial charge in [-0.3, -0.25) is 23.5 Å². The van der Waals surface area contributed by atoms with Gasteiger partial charge in [0.15, 0.2) is 11.2 Å². The summed E-state index contributed by atoms with van der Waals surface area (Å²) >= 11 is 1.43. The van der Waals surface area contributed by atoms with E-state index in [1.54, 1.807) is 0 Å². The second kappa shape index (κ2) is 12.0. The highest BCUT2D eigenvalue weighted by Gasteiger charge is 2.27. The minimum atomic E-state index is -1.16. The van der Waals surface area contributed by atoms with Gasteiger partial charge in [0.1, 0.15) is 6.54 Å². The lowest BCUT2D eigenvalue weighted by atomic mass is 10.3. The number of hydrogen-bond acceptors (Lipinski definition) is 9. The van der Waals surface area contributed by atoms with Gasteiger partial charge in [-0.15, -0.1) is 11.8 Å². The standard InChI is InChI=1S/C9H10N4O4.C6H9NO3S.C2H8N2/c1-11-7-6(8(16)12(2)9(11)17)13(4-10-7)3-5(14)15;1-4(8)7-3-11-2-5(7)6(9)10;3-1-2-4/h4H,3H2,1-2H3,(H,14,15);5H,2-3H2,1H3,(H,9,10);1-4H2. The molecule has 0 aliphatic carbocycles. The molecule has 1 fully saturated rings. The van der Waals surface area contributed by atoms with E-state index in [-0.39, 0.29) is 23.6 Å². The number of fused-ring (bicyclic) bond motifs is 1. The summed E-state index contributed by atoms with van der Waals surface area (Å²) < 4.78 is 3.33. The lowest BCUT2D eigenvalue weighted by Crippen LogP contribution is -2.53. The number of hydrogen-bond donors (Lipinski definition) is 3. The molecular weight excluding hydrogens is 446 g/mol. The average molecular weight is 474 g/mol. The van der Waals surface area contributed by atoms with E-state index in [1.165, 1.54) is 53.1 Å². The van der Waals surface area contributed by atoms with Crippen molar-refractivity contribution in [1.29, 1.82) is 0 Å². The van der Waals surface area contributed by atoms with Crippen molar-refractivity contribution >= 4 is 40.8 Å². The fourth-order valence-electron chi connectivity index (χ4n) is 2.61. The van der Waals surface area contributed by atoms with Crippen molar-refractivity contribution in [2.24, 2.45) is 19.8 Å². The third kappa shape index (κ3) is 6.41. The van der Waals surface area contributed by atoms with Crippen molar-refractivity contribution < 1.29 is 30.3 Å². The summed E-state index contributed by atoms with van der Waals surface area (Å²) in [5.41, 5.74) is 7.68. The lowest BCUT2D eigenvalue weighted by molar-refractivity contribution is -0.363. The fraction of sp³-hybridized carbons (Fsp3) is 0.529. The first kappa shape index (κ1) is 26.9. The summed E-state index contributed by atoms with van der Waals surface area (Å²) in [5.74, 6) is -1.54. The molecule has 6 N–H and O–H groups in total. The second-order valence-electron chi connectivity index (χ2n) is 6.61. The van der Waals surface area contributed by atoms with Crippen LogP contribution < -0.4 is 27.8 Å². The maximum Gasteiger partial charge on any atom is 0.332 e. The Hall–Kier alpha value is -3.17. The molecule has 32 heavy (non-hydrogen) atoms. The first-order valence-corrected chi connectivity index (χ1v) is 10.5. The van der Waals surface area contributed by atoms with Crippen LogP contribution in [0.3, 0.4) is 0 Å². The van der Waals surface area contributed by atoms with E-state index >= 15 is 0 Å². The summed E-state index contributed by atoms with van der Waals surface area (Å²) in [6.07, 6.45) is 1.24. The molecule has 1 atom stereocenters. The Morgan fingerprint density at radius 1 is 1.31 bits per heavy atom. The molecule has 0 bridgehead atoms. The molecule has 3 rings (SSSR count). The van der Waals surface area contributed by atoms with Gasteiger partial charge in [-0.1, -0.05) is 0 Å². The van der Waals surface area contributed by atoms with E-state index in [9.17, 15) is 29.1 Å². The van der Waals surface area contributed by atoms with Gasteiger partial charge >= 0.3 is 11.7 Å². The summed E-state index contributed by atoms with van der Waals surface area (Å²) in [6, 6.07) is -0.725. The van der Waals surface area contributed by atoms with Gasteiger partial charge in [0.05, 0.1) is 30.8 Å². The average Bonchev–Trinajstić information content (AvgIpc) is 3.39. The molecule has 2 aromatic rings. The van der Waals surface area contributed by atoms with Crippen molar-refractivity contribution in [1.82, 2.24) is 23.6 Å². The quantitative estimate of drug-likeness (QED) is 0.386. The van der Waals surface area contributed by atoms with Crippen LogP contribution >= 0.6 is 11.8 Å². The highest BCUT2D eigenvalue weighted by molar-refractivity contribution is 7.99. The fourth-order valence-corrected chi connectivity index (χ4v) is 3.81. The first-order valence-electron chi connectivity index (χ1n) is 9.35. The van der Waals surface area contributed by atoms with Gasteiger partial charge in [0, 0.05) is 33.3 Å². The van der Waals surface area contributed by atoms with Crippen LogP contribution in [0.4, 0.5) is 0 Å². The molecule has 3 heterocycles. The number of aliphatic carboxylic acids is 2. The number of quaternary nitrogens is 1. The number of aromatic nitrogens is 4. The van der Waals surface area contributed by atoms with Crippen LogP contribution in [-0.2, 0) is 35.0 Å². The summed E-state index contributed by atoms with van der Waals surface area (Å²) in [4.78, 5) is 60.5. The molecule has 0 radical (unpaired) electrons. The van der Waals surface area contributed by atoms with Crippen molar-refractivity contribution in [3.8, 4) is 0 Å². The summed E-state index contributed by atoms with van der Waals surface area (Å²) in [7, 11) is 2.81. The summed E-state index contributed by atoms with van der Waals surface area (Å²) in [5, 5.41) is 19.1. The van der Waals surface area contributed by atoms with Gasteiger partial charge < -0.3 is 35.9 Å². The van der Waals surface area contributed by atoms with Gasteiger partial charge in [0.2, 0.25) is 5.91 Å². The predicted octanol–water partition coefficient (Wildman–Crippen LogP) is -4.64. The van der Waals surface area contributed by atoms with Crippen molar-refractivity contribution in [3.63, 3.8) is 0 Å². The van der Waals surface area contributed by atoms with Gasteiger partial charge in [-0.05, 0) is 0 Å². The van der Waals surface area contributed by atoms with E-state index in [1.807, 2.05) is 0 Å². The molecule has 1 aliphatic rings.